The first-order valence-electron chi connectivity index (χ1n) is 10.6. The lowest BCUT2D eigenvalue weighted by Crippen LogP contribution is -2.06. The lowest BCUT2D eigenvalue weighted by atomic mass is 10.1. The van der Waals surface area contributed by atoms with Crippen LogP contribution in [0.4, 0.5) is 0 Å². The minimum atomic E-state index is -0.388. The highest BCUT2D eigenvalue weighted by Gasteiger charge is 2.21. The summed E-state index contributed by atoms with van der Waals surface area (Å²) < 4.78 is 7.54. The predicted molar refractivity (Wildman–Crippen MR) is 130 cm³/mol. The van der Waals surface area contributed by atoms with Crippen molar-refractivity contribution in [3.8, 4) is 17.1 Å². The fourth-order valence-corrected chi connectivity index (χ4v) is 4.51. The van der Waals surface area contributed by atoms with Gasteiger partial charge in [0.25, 0.3) is 0 Å². The third-order valence-corrected chi connectivity index (χ3v) is 6.06. The van der Waals surface area contributed by atoms with Crippen molar-refractivity contribution in [3.05, 3.63) is 108 Å². The SMILES string of the molecule is CC(=O)Oc1c(Cc2ccccc2)nc2c(Sc3ccccc3)nc(-c3ccccc3)cn12. The van der Waals surface area contributed by atoms with E-state index in [-0.39, 0.29) is 5.97 Å². The Labute approximate surface area is 196 Å². The van der Waals surface area contributed by atoms with Crippen LogP contribution in [0.5, 0.6) is 5.88 Å². The summed E-state index contributed by atoms with van der Waals surface area (Å²) in [5.41, 5.74) is 4.19. The van der Waals surface area contributed by atoms with Crippen LogP contribution in [0.15, 0.2) is 107 Å². The van der Waals surface area contributed by atoms with Crippen LogP contribution in [-0.4, -0.2) is 20.3 Å². The van der Waals surface area contributed by atoms with Crippen LogP contribution in [0.1, 0.15) is 18.2 Å². The lowest BCUT2D eigenvalue weighted by Gasteiger charge is -2.09. The minimum absolute atomic E-state index is 0.388. The molecule has 0 amide bonds. The highest BCUT2D eigenvalue weighted by atomic mass is 32.2. The van der Waals surface area contributed by atoms with Gasteiger partial charge in [-0.3, -0.25) is 9.20 Å². The molecule has 5 aromatic rings. The van der Waals surface area contributed by atoms with E-state index in [1.807, 2.05) is 102 Å². The standard InChI is InChI=1S/C27H21N3O2S/c1-19(31)32-27-23(17-20-11-5-2-6-12-20)28-25-26(33-22-15-9-4-10-16-22)29-24(18-30(25)27)21-13-7-3-8-14-21/h2-16,18H,17H2,1H3. The van der Waals surface area contributed by atoms with Gasteiger partial charge in [0.15, 0.2) is 5.65 Å². The Morgan fingerprint density at radius 2 is 1.52 bits per heavy atom. The normalized spacial score (nSPS) is 10.9. The second kappa shape index (κ2) is 9.30. The first-order chi connectivity index (χ1) is 16.2. The Morgan fingerprint density at radius 3 is 2.18 bits per heavy atom. The van der Waals surface area contributed by atoms with E-state index < -0.39 is 0 Å². The molecule has 6 heteroatoms. The van der Waals surface area contributed by atoms with Crippen molar-refractivity contribution in [2.75, 3.05) is 0 Å². The zero-order valence-corrected chi connectivity index (χ0v) is 18.8. The molecule has 0 aliphatic heterocycles. The molecule has 0 atom stereocenters. The van der Waals surface area contributed by atoms with Crippen molar-refractivity contribution in [1.82, 2.24) is 14.4 Å². The van der Waals surface area contributed by atoms with Gasteiger partial charge in [0.1, 0.15) is 10.7 Å². The van der Waals surface area contributed by atoms with Crippen molar-refractivity contribution in [1.29, 1.82) is 0 Å². The quantitative estimate of drug-likeness (QED) is 0.294. The molecule has 33 heavy (non-hydrogen) atoms. The van der Waals surface area contributed by atoms with E-state index in [1.54, 1.807) is 0 Å². The second-order valence-electron chi connectivity index (χ2n) is 7.53. The largest absolute Gasteiger partial charge is 0.407 e. The van der Waals surface area contributed by atoms with Crippen molar-refractivity contribution in [2.45, 2.75) is 23.3 Å². The summed E-state index contributed by atoms with van der Waals surface area (Å²) in [7, 11) is 0. The molecule has 0 aliphatic carbocycles. The van der Waals surface area contributed by atoms with Gasteiger partial charge in [-0.25, -0.2) is 9.97 Å². The van der Waals surface area contributed by atoms with E-state index in [9.17, 15) is 4.79 Å². The van der Waals surface area contributed by atoms with Crippen LogP contribution in [0.25, 0.3) is 16.9 Å². The number of carbonyl (C=O) groups excluding carboxylic acids is 1. The van der Waals surface area contributed by atoms with Gasteiger partial charge >= 0.3 is 5.97 Å². The number of ether oxygens (including phenoxy) is 1. The monoisotopic (exact) mass is 451 g/mol. The van der Waals surface area contributed by atoms with Crippen LogP contribution >= 0.6 is 11.8 Å². The highest BCUT2D eigenvalue weighted by molar-refractivity contribution is 7.99. The molecule has 5 rings (SSSR count). The number of fused-ring (bicyclic) bond motifs is 1. The smallest absolute Gasteiger partial charge is 0.309 e. The number of hydrogen-bond donors (Lipinski definition) is 0. The zero-order valence-electron chi connectivity index (χ0n) is 18.0. The molecule has 0 bridgehead atoms. The maximum atomic E-state index is 12.0. The van der Waals surface area contributed by atoms with Gasteiger partial charge in [0, 0.05) is 30.0 Å². The van der Waals surface area contributed by atoms with Gasteiger partial charge in [-0.1, -0.05) is 90.6 Å². The molecule has 2 aromatic heterocycles. The van der Waals surface area contributed by atoms with Gasteiger partial charge in [-0.2, -0.15) is 0 Å². The summed E-state index contributed by atoms with van der Waals surface area (Å²) in [6.45, 7) is 1.41. The van der Waals surface area contributed by atoms with Crippen LogP contribution in [0, 0.1) is 0 Å². The van der Waals surface area contributed by atoms with E-state index in [2.05, 4.69) is 0 Å². The van der Waals surface area contributed by atoms with Crippen LogP contribution in [0.2, 0.25) is 0 Å². The Kier molecular flexibility index (Phi) is 5.91. The molecule has 0 unspecified atom stereocenters. The maximum Gasteiger partial charge on any atom is 0.309 e. The molecule has 0 saturated carbocycles. The molecule has 0 fully saturated rings. The molecule has 162 valence electrons. The average Bonchev–Trinajstić information content (AvgIpc) is 3.17. The van der Waals surface area contributed by atoms with Gasteiger partial charge in [0.2, 0.25) is 5.88 Å². The third kappa shape index (κ3) is 4.66. The number of benzene rings is 3. The Bertz CT molecular complexity index is 1400. The van der Waals surface area contributed by atoms with Gasteiger partial charge in [0.05, 0.1) is 5.69 Å². The molecule has 0 saturated heterocycles. The Hall–Kier alpha value is -3.90. The summed E-state index contributed by atoms with van der Waals surface area (Å²) in [5, 5.41) is 0.746. The number of rotatable bonds is 6. The number of esters is 1. The van der Waals surface area contributed by atoms with Crippen LogP contribution in [0.3, 0.4) is 0 Å². The topological polar surface area (TPSA) is 56.5 Å². The number of imidazole rings is 1. The first-order valence-corrected chi connectivity index (χ1v) is 11.4. The van der Waals surface area contributed by atoms with Gasteiger partial charge < -0.3 is 4.74 Å². The third-order valence-electron chi connectivity index (χ3n) is 5.08. The zero-order chi connectivity index (χ0) is 22.6. The highest BCUT2D eigenvalue weighted by Crippen LogP contribution is 2.35. The van der Waals surface area contributed by atoms with E-state index in [4.69, 9.17) is 14.7 Å². The number of aromatic nitrogens is 3. The van der Waals surface area contributed by atoms with E-state index in [0.717, 1.165) is 26.7 Å². The summed E-state index contributed by atoms with van der Waals surface area (Å²) >= 11 is 1.54. The molecular weight excluding hydrogens is 430 g/mol. The Morgan fingerprint density at radius 1 is 0.879 bits per heavy atom. The molecule has 0 radical (unpaired) electrons. The summed E-state index contributed by atoms with van der Waals surface area (Å²) in [4.78, 5) is 22.9. The summed E-state index contributed by atoms with van der Waals surface area (Å²) in [5.74, 6) is 0.0392. The minimum Gasteiger partial charge on any atom is -0.407 e. The molecule has 2 heterocycles. The van der Waals surface area contributed by atoms with Crippen molar-refractivity contribution >= 4 is 23.4 Å². The second-order valence-corrected chi connectivity index (χ2v) is 8.59. The van der Waals surface area contributed by atoms with Crippen LogP contribution < -0.4 is 4.74 Å². The predicted octanol–water partition coefficient (Wildman–Crippen LogP) is 6.06. The van der Waals surface area contributed by atoms with Crippen molar-refractivity contribution in [3.63, 3.8) is 0 Å². The van der Waals surface area contributed by atoms with E-state index in [1.165, 1.54) is 18.7 Å². The van der Waals surface area contributed by atoms with Gasteiger partial charge in [-0.05, 0) is 17.7 Å². The number of carbonyl (C=O) groups is 1. The van der Waals surface area contributed by atoms with Crippen molar-refractivity contribution < 1.29 is 9.53 Å². The van der Waals surface area contributed by atoms with Gasteiger partial charge in [-0.15, -0.1) is 0 Å². The summed E-state index contributed by atoms with van der Waals surface area (Å²) in [6.07, 6.45) is 2.43. The number of hydrogen-bond acceptors (Lipinski definition) is 5. The average molecular weight is 452 g/mol. The Balaban J connectivity index is 1.71. The van der Waals surface area contributed by atoms with Crippen LogP contribution in [-0.2, 0) is 11.2 Å². The molecule has 3 aromatic carbocycles. The summed E-state index contributed by atoms with van der Waals surface area (Å²) in [6, 6.07) is 30.0. The molecular formula is C27H21N3O2S. The van der Waals surface area contributed by atoms with E-state index in [0.29, 0.717) is 23.6 Å². The molecule has 0 aliphatic rings. The fraction of sp³-hybridized carbons (Fsp3) is 0.0741. The number of nitrogens with zero attached hydrogens (tertiary/aromatic N) is 3. The fourth-order valence-electron chi connectivity index (χ4n) is 3.61. The molecule has 0 spiro atoms. The maximum absolute atomic E-state index is 12.0. The lowest BCUT2D eigenvalue weighted by molar-refractivity contribution is -0.132. The molecule has 5 nitrogen and oxygen atoms in total. The molecule has 0 N–H and O–H groups in total. The first kappa shape index (κ1) is 21.0. The van der Waals surface area contributed by atoms with E-state index >= 15 is 0 Å². The van der Waals surface area contributed by atoms with Crippen molar-refractivity contribution in [2.24, 2.45) is 0 Å².